The van der Waals surface area contributed by atoms with E-state index in [0.717, 1.165) is 22.9 Å². The molecule has 1 aromatic rings. The van der Waals surface area contributed by atoms with E-state index in [1.807, 2.05) is 19.2 Å². The first kappa shape index (κ1) is 12.9. The molecule has 0 radical (unpaired) electrons. The van der Waals surface area contributed by atoms with Crippen LogP contribution in [0.25, 0.3) is 0 Å². The molecule has 1 N–H and O–H groups in total. The first-order valence-corrected chi connectivity index (χ1v) is 7.80. The van der Waals surface area contributed by atoms with Gasteiger partial charge in [-0.3, -0.25) is 4.79 Å². The minimum atomic E-state index is -0.0545. The van der Waals surface area contributed by atoms with Crippen LogP contribution in [0.3, 0.4) is 0 Å². The summed E-state index contributed by atoms with van der Waals surface area (Å²) in [5, 5.41) is 5.09. The Hall–Kier alpha value is -0.550. The molecule has 1 aliphatic rings. The van der Waals surface area contributed by atoms with Crippen LogP contribution < -0.4 is 5.32 Å². The Bertz CT molecular complexity index is 386. The van der Waals surface area contributed by atoms with Crippen molar-refractivity contribution >= 4 is 29.0 Å². The largest absolute Gasteiger partial charge is 0.352 e. The zero-order valence-electron chi connectivity index (χ0n) is 10.2. The van der Waals surface area contributed by atoms with E-state index in [1.165, 1.54) is 12.8 Å². The van der Waals surface area contributed by atoms with Gasteiger partial charge in [0.2, 0.25) is 5.91 Å². The van der Waals surface area contributed by atoms with Crippen molar-refractivity contribution in [2.75, 3.05) is 0 Å². The van der Waals surface area contributed by atoms with Crippen molar-refractivity contribution in [3.05, 3.63) is 11.1 Å². The molecular formula is C12H18N2OS2. The number of hydrogen-bond donors (Lipinski definition) is 1. The Kier molecular flexibility index (Phi) is 4.45. The Morgan fingerprint density at radius 2 is 2.29 bits per heavy atom. The van der Waals surface area contributed by atoms with E-state index in [4.69, 9.17) is 0 Å². The summed E-state index contributed by atoms with van der Waals surface area (Å²) in [6.45, 7) is 3.93. The zero-order chi connectivity index (χ0) is 12.3. The highest BCUT2D eigenvalue weighted by atomic mass is 32.2. The second-order valence-electron chi connectivity index (χ2n) is 4.50. The molecule has 2 rings (SSSR count). The van der Waals surface area contributed by atoms with Crippen LogP contribution in [0.15, 0.2) is 9.72 Å². The van der Waals surface area contributed by atoms with Crippen molar-refractivity contribution in [2.45, 2.75) is 55.2 Å². The van der Waals surface area contributed by atoms with Crippen molar-refractivity contribution in [1.82, 2.24) is 10.3 Å². The van der Waals surface area contributed by atoms with Gasteiger partial charge in [0.25, 0.3) is 0 Å². The maximum absolute atomic E-state index is 12.0. The Morgan fingerprint density at radius 1 is 1.59 bits per heavy atom. The highest BCUT2D eigenvalue weighted by Crippen LogP contribution is 2.27. The monoisotopic (exact) mass is 270 g/mol. The molecule has 0 aromatic carbocycles. The summed E-state index contributed by atoms with van der Waals surface area (Å²) in [5.74, 6) is 0.148. The molecule has 0 saturated heterocycles. The van der Waals surface area contributed by atoms with Crippen LogP contribution >= 0.6 is 23.1 Å². The lowest BCUT2D eigenvalue weighted by Crippen LogP contribution is -2.37. The first-order valence-electron chi connectivity index (χ1n) is 6.04. The molecule has 0 aliphatic heterocycles. The van der Waals surface area contributed by atoms with Gasteiger partial charge in [-0.05, 0) is 26.7 Å². The number of thioether (sulfide) groups is 1. The molecule has 1 fully saturated rings. The van der Waals surface area contributed by atoms with Crippen molar-refractivity contribution in [3.8, 4) is 0 Å². The highest BCUT2D eigenvalue weighted by Gasteiger charge is 2.21. The molecule has 1 amide bonds. The zero-order valence-corrected chi connectivity index (χ0v) is 11.9. The lowest BCUT2D eigenvalue weighted by Gasteiger charge is -2.15. The van der Waals surface area contributed by atoms with Gasteiger partial charge in [-0.1, -0.05) is 24.6 Å². The van der Waals surface area contributed by atoms with Gasteiger partial charge in [-0.15, -0.1) is 11.3 Å². The maximum atomic E-state index is 12.0. The molecule has 1 heterocycles. The number of amides is 1. The number of aromatic nitrogens is 1. The Morgan fingerprint density at radius 3 is 2.88 bits per heavy atom. The molecule has 5 heteroatoms. The van der Waals surface area contributed by atoms with E-state index in [9.17, 15) is 4.79 Å². The molecule has 3 nitrogen and oxygen atoms in total. The van der Waals surface area contributed by atoms with E-state index >= 15 is 0 Å². The molecule has 1 aliphatic carbocycles. The molecule has 1 aromatic heterocycles. The van der Waals surface area contributed by atoms with Crippen molar-refractivity contribution in [2.24, 2.45) is 0 Å². The van der Waals surface area contributed by atoms with Gasteiger partial charge in [-0.25, -0.2) is 4.98 Å². The van der Waals surface area contributed by atoms with Gasteiger partial charge < -0.3 is 5.32 Å². The second-order valence-corrected chi connectivity index (χ2v) is 6.95. The fraction of sp³-hybridized carbons (Fsp3) is 0.667. The summed E-state index contributed by atoms with van der Waals surface area (Å²) in [6, 6.07) is 0.406. The summed E-state index contributed by atoms with van der Waals surface area (Å²) in [4.78, 5) is 16.3. The number of nitrogens with zero attached hydrogens (tertiary/aromatic N) is 1. The Labute approximate surface area is 110 Å². The summed E-state index contributed by atoms with van der Waals surface area (Å²) in [7, 11) is 0. The minimum Gasteiger partial charge on any atom is -0.352 e. The topological polar surface area (TPSA) is 42.0 Å². The fourth-order valence-corrected chi connectivity index (χ4v) is 3.97. The lowest BCUT2D eigenvalue weighted by molar-refractivity contribution is -0.120. The third-order valence-corrected chi connectivity index (χ3v) is 5.14. The molecule has 0 bridgehead atoms. The van der Waals surface area contributed by atoms with Crippen LogP contribution in [0.5, 0.6) is 0 Å². The number of carbonyl (C=O) groups excluding carboxylic acids is 1. The SMILES string of the molecule is Cc1csc(S[C@H](C)C(=O)NC2CCCC2)n1. The summed E-state index contributed by atoms with van der Waals surface area (Å²) in [5.41, 5.74) is 1.03. The number of nitrogens with one attached hydrogen (secondary N) is 1. The van der Waals surface area contributed by atoms with E-state index in [-0.39, 0.29) is 11.2 Å². The molecule has 1 saturated carbocycles. The Balaban J connectivity index is 1.82. The van der Waals surface area contributed by atoms with Crippen LogP contribution in [0.2, 0.25) is 0 Å². The normalized spacial score (nSPS) is 18.2. The van der Waals surface area contributed by atoms with Crippen molar-refractivity contribution < 1.29 is 4.79 Å². The van der Waals surface area contributed by atoms with Crippen LogP contribution in [-0.4, -0.2) is 22.2 Å². The molecule has 0 spiro atoms. The van der Waals surface area contributed by atoms with Gasteiger partial charge in [0.05, 0.1) is 5.25 Å². The fourth-order valence-electron chi connectivity index (χ4n) is 1.98. The first-order chi connectivity index (χ1) is 8.15. The predicted octanol–water partition coefficient (Wildman–Crippen LogP) is 2.99. The second kappa shape index (κ2) is 5.87. The number of aryl methyl sites for hydroxylation is 1. The van der Waals surface area contributed by atoms with Gasteiger partial charge in [0.1, 0.15) is 0 Å². The van der Waals surface area contributed by atoms with Gasteiger partial charge >= 0.3 is 0 Å². The van der Waals surface area contributed by atoms with Crippen molar-refractivity contribution in [3.63, 3.8) is 0 Å². The quantitative estimate of drug-likeness (QED) is 0.855. The van der Waals surface area contributed by atoms with E-state index < -0.39 is 0 Å². The van der Waals surface area contributed by atoms with Crippen LogP contribution in [0.1, 0.15) is 38.3 Å². The van der Waals surface area contributed by atoms with Gasteiger partial charge in [0.15, 0.2) is 4.34 Å². The number of carbonyl (C=O) groups is 1. The lowest BCUT2D eigenvalue weighted by atomic mass is 10.2. The third kappa shape index (κ3) is 3.71. The molecule has 1 atom stereocenters. The van der Waals surface area contributed by atoms with E-state index in [2.05, 4.69) is 10.3 Å². The molecule has 17 heavy (non-hydrogen) atoms. The van der Waals surface area contributed by atoms with Gasteiger partial charge in [-0.2, -0.15) is 0 Å². The summed E-state index contributed by atoms with van der Waals surface area (Å²) in [6.07, 6.45) is 4.77. The van der Waals surface area contributed by atoms with E-state index in [0.29, 0.717) is 6.04 Å². The minimum absolute atomic E-state index is 0.0545. The van der Waals surface area contributed by atoms with Crippen molar-refractivity contribution in [1.29, 1.82) is 0 Å². The molecule has 0 unspecified atom stereocenters. The van der Waals surface area contributed by atoms with Gasteiger partial charge in [0, 0.05) is 17.1 Å². The standard InChI is InChI=1S/C12H18N2OS2/c1-8-7-16-12(13-8)17-9(2)11(15)14-10-5-3-4-6-10/h7,9-10H,3-6H2,1-2H3,(H,14,15)/t9-/m1/s1. The molecule has 94 valence electrons. The van der Waals surface area contributed by atoms with E-state index in [1.54, 1.807) is 23.1 Å². The number of rotatable bonds is 4. The highest BCUT2D eigenvalue weighted by molar-refractivity contribution is 8.02. The third-order valence-electron chi connectivity index (χ3n) is 2.95. The number of thiazole rings is 1. The summed E-state index contributed by atoms with van der Waals surface area (Å²) >= 11 is 3.16. The predicted molar refractivity (Wildman–Crippen MR) is 72.6 cm³/mol. The smallest absolute Gasteiger partial charge is 0.233 e. The average Bonchev–Trinajstić information content (AvgIpc) is 2.90. The van der Waals surface area contributed by atoms with Crippen LogP contribution in [-0.2, 0) is 4.79 Å². The number of hydrogen-bond acceptors (Lipinski definition) is 4. The van der Waals surface area contributed by atoms with Crippen LogP contribution in [0.4, 0.5) is 0 Å². The molecular weight excluding hydrogens is 252 g/mol. The maximum Gasteiger partial charge on any atom is 0.233 e. The van der Waals surface area contributed by atoms with Crippen LogP contribution in [0, 0.1) is 6.92 Å². The summed E-state index contributed by atoms with van der Waals surface area (Å²) < 4.78 is 0.983. The average molecular weight is 270 g/mol.